The second-order valence-electron chi connectivity index (χ2n) is 5.28. The fraction of sp³-hybridized carbons (Fsp3) is 0.769. The zero-order valence-corrected chi connectivity index (χ0v) is 11.8. The van der Waals surface area contributed by atoms with Crippen molar-refractivity contribution in [3.63, 3.8) is 0 Å². The van der Waals surface area contributed by atoms with Crippen LogP contribution in [0.3, 0.4) is 0 Å². The quantitative estimate of drug-likeness (QED) is 0.860. The van der Waals surface area contributed by atoms with E-state index in [0.717, 1.165) is 19.7 Å². The van der Waals surface area contributed by atoms with Crippen molar-refractivity contribution in [1.29, 1.82) is 0 Å². The lowest BCUT2D eigenvalue weighted by molar-refractivity contribution is -0.0643. The predicted molar refractivity (Wildman–Crippen MR) is 71.5 cm³/mol. The Morgan fingerprint density at radius 1 is 1.50 bits per heavy atom. The summed E-state index contributed by atoms with van der Waals surface area (Å²) < 4.78 is 7.89. The van der Waals surface area contributed by atoms with Gasteiger partial charge in [0.25, 0.3) is 0 Å². The molecule has 0 bridgehead atoms. The molecule has 1 aromatic heterocycles. The van der Waals surface area contributed by atoms with Crippen LogP contribution in [-0.2, 0) is 11.8 Å². The van der Waals surface area contributed by atoms with Crippen molar-refractivity contribution in [3.8, 4) is 0 Å². The van der Waals surface area contributed by atoms with Gasteiger partial charge in [0.2, 0.25) is 0 Å². The van der Waals surface area contributed by atoms with Crippen LogP contribution >= 0.6 is 0 Å². The monoisotopic (exact) mass is 252 g/mol. The van der Waals surface area contributed by atoms with Crippen molar-refractivity contribution in [2.75, 3.05) is 26.7 Å². The summed E-state index contributed by atoms with van der Waals surface area (Å²) in [6.45, 7) is 6.96. The minimum atomic E-state index is 0.182. The Balaban J connectivity index is 2.13. The van der Waals surface area contributed by atoms with Gasteiger partial charge in [-0.3, -0.25) is 9.58 Å². The molecule has 2 atom stereocenters. The first kappa shape index (κ1) is 13.5. The van der Waals surface area contributed by atoms with Gasteiger partial charge in [-0.25, -0.2) is 0 Å². The molecule has 2 unspecified atom stereocenters. The molecule has 0 spiro atoms. The predicted octanol–water partition coefficient (Wildman–Crippen LogP) is 0.790. The molecule has 0 saturated carbocycles. The van der Waals surface area contributed by atoms with Crippen molar-refractivity contribution in [2.24, 2.45) is 7.05 Å². The average molecular weight is 252 g/mol. The van der Waals surface area contributed by atoms with Gasteiger partial charge in [-0.15, -0.1) is 0 Å². The van der Waals surface area contributed by atoms with E-state index in [1.807, 2.05) is 17.9 Å². The van der Waals surface area contributed by atoms with Gasteiger partial charge in [-0.2, -0.15) is 5.10 Å². The largest absolute Gasteiger partial charge is 0.374 e. The number of likely N-dealkylation sites (N-methyl/N-ethyl adjacent to an activating group) is 1. The first-order chi connectivity index (χ1) is 8.59. The highest BCUT2D eigenvalue weighted by molar-refractivity contribution is 5.10. The molecule has 1 aromatic rings. The zero-order valence-electron chi connectivity index (χ0n) is 11.8. The Morgan fingerprint density at radius 3 is 2.89 bits per heavy atom. The van der Waals surface area contributed by atoms with E-state index in [2.05, 4.69) is 42.3 Å². The lowest BCUT2D eigenvalue weighted by Crippen LogP contribution is -2.48. The number of hydrogen-bond acceptors (Lipinski definition) is 4. The second-order valence-corrected chi connectivity index (χ2v) is 5.28. The number of rotatable bonds is 4. The summed E-state index contributed by atoms with van der Waals surface area (Å²) >= 11 is 0. The molecule has 1 aliphatic heterocycles. The number of aryl methyl sites for hydroxylation is 1. The molecular formula is C13H24N4O. The van der Waals surface area contributed by atoms with Gasteiger partial charge in [0, 0.05) is 32.4 Å². The molecule has 1 N–H and O–H groups in total. The van der Waals surface area contributed by atoms with E-state index in [1.165, 1.54) is 5.69 Å². The van der Waals surface area contributed by atoms with Crippen LogP contribution in [0.5, 0.6) is 0 Å². The Kier molecular flexibility index (Phi) is 4.37. The number of morpholine rings is 1. The first-order valence-electron chi connectivity index (χ1n) is 6.62. The number of hydrogen-bond donors (Lipinski definition) is 1. The number of ether oxygens (including phenoxy) is 1. The summed E-state index contributed by atoms with van der Waals surface area (Å²) in [5, 5.41) is 7.74. The van der Waals surface area contributed by atoms with Crippen LogP contribution in [0.15, 0.2) is 12.3 Å². The van der Waals surface area contributed by atoms with Crippen LogP contribution in [0.1, 0.15) is 25.6 Å². The highest BCUT2D eigenvalue weighted by Crippen LogP contribution is 2.27. The molecule has 0 aromatic carbocycles. The van der Waals surface area contributed by atoms with Crippen molar-refractivity contribution in [2.45, 2.75) is 32.0 Å². The van der Waals surface area contributed by atoms with Crippen molar-refractivity contribution in [1.82, 2.24) is 20.0 Å². The van der Waals surface area contributed by atoms with Gasteiger partial charge >= 0.3 is 0 Å². The molecule has 0 amide bonds. The summed E-state index contributed by atoms with van der Waals surface area (Å²) in [4.78, 5) is 2.35. The minimum Gasteiger partial charge on any atom is -0.374 e. The Hall–Kier alpha value is -0.910. The van der Waals surface area contributed by atoms with Crippen molar-refractivity contribution in [3.05, 3.63) is 18.0 Å². The molecule has 5 heteroatoms. The molecule has 18 heavy (non-hydrogen) atoms. The van der Waals surface area contributed by atoms with Crippen molar-refractivity contribution >= 4 is 0 Å². The summed E-state index contributed by atoms with van der Waals surface area (Å²) in [7, 11) is 4.15. The third kappa shape index (κ3) is 2.91. The van der Waals surface area contributed by atoms with E-state index in [0.29, 0.717) is 6.04 Å². The average Bonchev–Trinajstić information content (AvgIpc) is 2.72. The third-order valence-electron chi connectivity index (χ3n) is 3.49. The summed E-state index contributed by atoms with van der Waals surface area (Å²) in [5.41, 5.74) is 1.22. The van der Waals surface area contributed by atoms with Crippen LogP contribution < -0.4 is 5.32 Å². The molecule has 5 nitrogen and oxygen atoms in total. The highest BCUT2D eigenvalue weighted by Gasteiger charge is 2.33. The zero-order chi connectivity index (χ0) is 13.1. The number of nitrogens with one attached hydrogen (secondary N) is 1. The van der Waals surface area contributed by atoms with Gasteiger partial charge in [0.15, 0.2) is 0 Å². The van der Waals surface area contributed by atoms with E-state index in [4.69, 9.17) is 4.74 Å². The Morgan fingerprint density at radius 2 is 2.28 bits per heavy atom. The molecule has 0 aliphatic carbocycles. The van der Waals surface area contributed by atoms with E-state index in [-0.39, 0.29) is 12.1 Å². The molecule has 2 heterocycles. The fourth-order valence-electron chi connectivity index (χ4n) is 2.48. The smallest absolute Gasteiger partial charge is 0.0911 e. The molecule has 1 fully saturated rings. The van der Waals surface area contributed by atoms with Crippen LogP contribution in [0.4, 0.5) is 0 Å². The van der Waals surface area contributed by atoms with E-state index >= 15 is 0 Å². The Labute approximate surface area is 109 Å². The van der Waals surface area contributed by atoms with Crippen LogP contribution in [0, 0.1) is 0 Å². The lowest BCUT2D eigenvalue weighted by atomic mass is 10.0. The molecule has 0 radical (unpaired) electrons. The van der Waals surface area contributed by atoms with E-state index < -0.39 is 0 Å². The maximum Gasteiger partial charge on any atom is 0.0911 e. The molecule has 1 saturated heterocycles. The van der Waals surface area contributed by atoms with Gasteiger partial charge in [-0.1, -0.05) is 13.8 Å². The van der Waals surface area contributed by atoms with Gasteiger partial charge in [0.05, 0.1) is 24.4 Å². The van der Waals surface area contributed by atoms with Crippen LogP contribution in [0.2, 0.25) is 0 Å². The molecule has 2 rings (SSSR count). The summed E-state index contributed by atoms with van der Waals surface area (Å²) in [6, 6.07) is 2.84. The highest BCUT2D eigenvalue weighted by atomic mass is 16.5. The summed E-state index contributed by atoms with van der Waals surface area (Å²) in [5.74, 6) is 0. The van der Waals surface area contributed by atoms with E-state index in [1.54, 1.807) is 0 Å². The van der Waals surface area contributed by atoms with Crippen molar-refractivity contribution < 1.29 is 4.74 Å². The molecular weight excluding hydrogens is 228 g/mol. The molecule has 102 valence electrons. The maximum atomic E-state index is 5.94. The van der Waals surface area contributed by atoms with E-state index in [9.17, 15) is 0 Å². The SMILES string of the molecule is CC(C)NCC1OCCN(C)C1c1ccnn1C. The summed E-state index contributed by atoms with van der Waals surface area (Å²) in [6.07, 6.45) is 2.03. The molecule has 1 aliphatic rings. The maximum absolute atomic E-state index is 5.94. The van der Waals surface area contributed by atoms with Gasteiger partial charge < -0.3 is 10.1 Å². The third-order valence-corrected chi connectivity index (χ3v) is 3.49. The topological polar surface area (TPSA) is 42.3 Å². The number of nitrogens with zero attached hydrogens (tertiary/aromatic N) is 3. The fourth-order valence-corrected chi connectivity index (χ4v) is 2.48. The first-order valence-corrected chi connectivity index (χ1v) is 6.62. The second kappa shape index (κ2) is 5.82. The number of aromatic nitrogens is 2. The Bertz CT molecular complexity index is 377. The van der Waals surface area contributed by atoms with Crippen LogP contribution in [0.25, 0.3) is 0 Å². The van der Waals surface area contributed by atoms with Gasteiger partial charge in [-0.05, 0) is 13.1 Å². The minimum absolute atomic E-state index is 0.182. The lowest BCUT2D eigenvalue weighted by Gasteiger charge is -2.39. The van der Waals surface area contributed by atoms with Crippen LogP contribution in [-0.4, -0.2) is 53.6 Å². The normalized spacial score (nSPS) is 25.8. The van der Waals surface area contributed by atoms with Gasteiger partial charge in [0.1, 0.15) is 0 Å². The standard InChI is InChI=1S/C13H24N4O/c1-10(2)14-9-12-13(16(3)7-8-18-12)11-5-6-15-17(11)4/h5-6,10,12-14H,7-9H2,1-4H3.